The molecular weight excluding hydrogens is 418 g/mol. The van der Waals surface area contributed by atoms with Gasteiger partial charge in [-0.2, -0.15) is 0 Å². The van der Waals surface area contributed by atoms with E-state index in [2.05, 4.69) is 4.98 Å². The summed E-state index contributed by atoms with van der Waals surface area (Å²) in [5.41, 5.74) is 2.69. The van der Waals surface area contributed by atoms with E-state index in [9.17, 15) is 8.42 Å². The van der Waals surface area contributed by atoms with Crippen LogP contribution in [0.15, 0.2) is 83.9 Å². The normalized spacial score (nSPS) is 11.7. The minimum atomic E-state index is -3.37. The van der Waals surface area contributed by atoms with E-state index in [1.807, 2.05) is 48.5 Å². The molecule has 0 amide bonds. The predicted octanol–water partition coefficient (Wildman–Crippen LogP) is 6.53. The van der Waals surface area contributed by atoms with Gasteiger partial charge >= 0.3 is 0 Å². The van der Waals surface area contributed by atoms with Crippen molar-refractivity contribution in [3.8, 4) is 22.6 Å². The maximum atomic E-state index is 12.5. The Bertz CT molecular complexity index is 1330. The summed E-state index contributed by atoms with van der Waals surface area (Å²) in [6.07, 6.45) is 1.73. The zero-order valence-electron chi connectivity index (χ0n) is 16.5. The number of nitrogens with zero attached hydrogens (tertiary/aromatic N) is 1. The highest BCUT2D eigenvalue weighted by Crippen LogP contribution is 2.34. The molecule has 0 aliphatic heterocycles. The first-order chi connectivity index (χ1) is 14.4. The van der Waals surface area contributed by atoms with Crippen LogP contribution in [0.2, 0.25) is 5.02 Å². The number of rotatable bonds is 5. The van der Waals surface area contributed by atoms with Gasteiger partial charge in [-0.25, -0.2) is 8.42 Å². The number of hydrogen-bond acceptors (Lipinski definition) is 4. The second-order valence-electron chi connectivity index (χ2n) is 7.19. The summed E-state index contributed by atoms with van der Waals surface area (Å²) in [6.45, 7) is 3.33. The summed E-state index contributed by atoms with van der Waals surface area (Å²) >= 11 is 6.29. The second-order valence-corrected chi connectivity index (χ2v) is 10.1. The molecule has 0 aliphatic carbocycles. The Morgan fingerprint density at radius 3 is 2.37 bits per heavy atom. The Morgan fingerprint density at radius 1 is 0.900 bits per heavy atom. The molecule has 0 saturated heterocycles. The lowest BCUT2D eigenvalue weighted by atomic mass is 10.0. The highest BCUT2D eigenvalue weighted by Gasteiger charge is 2.19. The van der Waals surface area contributed by atoms with Gasteiger partial charge in [0, 0.05) is 11.6 Å². The molecule has 6 heteroatoms. The van der Waals surface area contributed by atoms with Crippen molar-refractivity contribution in [1.82, 2.24) is 4.98 Å². The topological polar surface area (TPSA) is 56.3 Å². The molecule has 0 saturated carbocycles. The van der Waals surface area contributed by atoms with Crippen molar-refractivity contribution in [1.29, 1.82) is 0 Å². The molecule has 0 atom stereocenters. The van der Waals surface area contributed by atoms with Crippen LogP contribution >= 0.6 is 11.6 Å². The molecule has 30 heavy (non-hydrogen) atoms. The van der Waals surface area contributed by atoms with Gasteiger partial charge in [-0.05, 0) is 67.4 Å². The van der Waals surface area contributed by atoms with Crippen LogP contribution in [-0.4, -0.2) is 18.7 Å². The summed E-state index contributed by atoms with van der Waals surface area (Å²) in [5.74, 6) is 1.08. The lowest BCUT2D eigenvalue weighted by molar-refractivity contribution is 0.481. The number of ether oxygens (including phenoxy) is 1. The average molecular weight is 438 g/mol. The third-order valence-corrected chi connectivity index (χ3v) is 7.31. The van der Waals surface area contributed by atoms with Crippen LogP contribution in [0.1, 0.15) is 13.8 Å². The Kier molecular flexibility index (Phi) is 5.50. The van der Waals surface area contributed by atoms with E-state index in [1.165, 1.54) is 0 Å². The fourth-order valence-electron chi connectivity index (χ4n) is 3.24. The first-order valence-corrected chi connectivity index (χ1v) is 11.4. The lowest BCUT2D eigenvalue weighted by Crippen LogP contribution is -2.13. The van der Waals surface area contributed by atoms with Crippen molar-refractivity contribution < 1.29 is 13.2 Å². The molecule has 152 valence electrons. The fourth-order valence-corrected chi connectivity index (χ4v) is 4.56. The zero-order chi connectivity index (χ0) is 21.3. The van der Waals surface area contributed by atoms with Crippen molar-refractivity contribution in [3.05, 3.63) is 84.0 Å². The van der Waals surface area contributed by atoms with Gasteiger partial charge in [-0.3, -0.25) is 4.98 Å². The minimum absolute atomic E-state index is 0.251. The Hall–Kier alpha value is -2.89. The highest BCUT2D eigenvalue weighted by atomic mass is 35.5. The average Bonchev–Trinajstić information content (AvgIpc) is 2.74. The molecule has 0 spiro atoms. The third kappa shape index (κ3) is 3.91. The largest absolute Gasteiger partial charge is 0.457 e. The standard InChI is InChI=1S/C24H20ClNO3S/c1-16(2)30(27,28)20-9-4-8-19(15-20)29-18-7-3-6-17(14-18)21-12-13-26-24-22(21)10-5-11-23(24)25/h3-16H,1-2H3. The number of pyridine rings is 1. The maximum absolute atomic E-state index is 12.5. The number of para-hydroxylation sites is 1. The first kappa shape index (κ1) is 20.4. The van der Waals surface area contributed by atoms with E-state index in [4.69, 9.17) is 16.3 Å². The van der Waals surface area contributed by atoms with E-state index in [-0.39, 0.29) is 4.90 Å². The van der Waals surface area contributed by atoms with Crippen LogP contribution in [0.4, 0.5) is 0 Å². The molecule has 1 aromatic heterocycles. The van der Waals surface area contributed by atoms with E-state index >= 15 is 0 Å². The molecule has 1 heterocycles. The second kappa shape index (κ2) is 8.09. The molecule has 0 radical (unpaired) electrons. The smallest absolute Gasteiger partial charge is 0.180 e. The molecule has 0 N–H and O–H groups in total. The summed E-state index contributed by atoms with van der Waals surface area (Å²) in [4.78, 5) is 4.63. The van der Waals surface area contributed by atoms with Gasteiger partial charge in [-0.1, -0.05) is 41.9 Å². The summed E-state index contributed by atoms with van der Waals surface area (Å²) < 4.78 is 30.9. The van der Waals surface area contributed by atoms with Gasteiger partial charge in [0.05, 0.1) is 20.7 Å². The van der Waals surface area contributed by atoms with Gasteiger partial charge in [-0.15, -0.1) is 0 Å². The zero-order valence-corrected chi connectivity index (χ0v) is 18.1. The Balaban J connectivity index is 1.70. The number of benzene rings is 3. The quantitative estimate of drug-likeness (QED) is 0.356. The molecule has 0 fully saturated rings. The fraction of sp³-hybridized carbons (Fsp3) is 0.125. The molecule has 0 aliphatic rings. The van der Waals surface area contributed by atoms with Gasteiger partial charge in [0.25, 0.3) is 0 Å². The van der Waals surface area contributed by atoms with Gasteiger partial charge in [0.1, 0.15) is 11.5 Å². The number of hydrogen-bond donors (Lipinski definition) is 0. The molecule has 3 aromatic carbocycles. The first-order valence-electron chi connectivity index (χ1n) is 9.52. The van der Waals surface area contributed by atoms with E-state index < -0.39 is 15.1 Å². The van der Waals surface area contributed by atoms with Crippen molar-refractivity contribution in [2.24, 2.45) is 0 Å². The van der Waals surface area contributed by atoms with Crippen molar-refractivity contribution >= 4 is 32.3 Å². The summed E-state index contributed by atoms with van der Waals surface area (Å²) in [7, 11) is -3.37. The van der Waals surface area contributed by atoms with Crippen LogP contribution in [0, 0.1) is 0 Å². The van der Waals surface area contributed by atoms with Crippen LogP contribution < -0.4 is 4.74 Å². The SMILES string of the molecule is CC(C)S(=O)(=O)c1cccc(Oc2cccc(-c3ccnc4c(Cl)cccc34)c2)c1. The Morgan fingerprint density at radius 2 is 1.60 bits per heavy atom. The molecule has 0 unspecified atom stereocenters. The Labute approximate surface area is 181 Å². The van der Waals surface area contributed by atoms with Crippen LogP contribution in [0.25, 0.3) is 22.0 Å². The number of aromatic nitrogens is 1. The predicted molar refractivity (Wildman–Crippen MR) is 121 cm³/mol. The van der Waals surface area contributed by atoms with Crippen LogP contribution in [-0.2, 0) is 9.84 Å². The van der Waals surface area contributed by atoms with Crippen molar-refractivity contribution in [3.63, 3.8) is 0 Å². The summed E-state index contributed by atoms with van der Waals surface area (Å²) in [6, 6.07) is 21.9. The van der Waals surface area contributed by atoms with Gasteiger partial charge in [0.2, 0.25) is 0 Å². The molecular formula is C24H20ClNO3S. The van der Waals surface area contributed by atoms with Gasteiger partial charge < -0.3 is 4.74 Å². The molecule has 4 nitrogen and oxygen atoms in total. The van der Waals surface area contributed by atoms with Crippen molar-refractivity contribution in [2.75, 3.05) is 0 Å². The minimum Gasteiger partial charge on any atom is -0.457 e. The van der Waals surface area contributed by atoms with Crippen molar-refractivity contribution in [2.45, 2.75) is 24.0 Å². The number of sulfone groups is 1. The van der Waals surface area contributed by atoms with E-state index in [1.54, 1.807) is 44.3 Å². The summed E-state index contributed by atoms with van der Waals surface area (Å²) in [5, 5.41) is 1.06. The molecule has 4 aromatic rings. The lowest BCUT2D eigenvalue weighted by Gasteiger charge is -2.12. The van der Waals surface area contributed by atoms with Crippen LogP contribution in [0.3, 0.4) is 0 Å². The number of fused-ring (bicyclic) bond motifs is 1. The van der Waals surface area contributed by atoms with E-state index in [0.717, 1.165) is 22.0 Å². The molecule has 4 rings (SSSR count). The molecule has 0 bridgehead atoms. The number of halogens is 1. The highest BCUT2D eigenvalue weighted by molar-refractivity contribution is 7.92. The van der Waals surface area contributed by atoms with Crippen LogP contribution in [0.5, 0.6) is 11.5 Å². The maximum Gasteiger partial charge on any atom is 0.180 e. The monoisotopic (exact) mass is 437 g/mol. The van der Waals surface area contributed by atoms with Gasteiger partial charge in [0.15, 0.2) is 9.84 Å². The third-order valence-electron chi connectivity index (χ3n) is 4.86. The van der Waals surface area contributed by atoms with E-state index in [0.29, 0.717) is 16.5 Å².